The number of nitrogens with one attached hydrogen (secondary N) is 1. The third-order valence-corrected chi connectivity index (χ3v) is 4.41. The molecule has 27 heavy (non-hydrogen) atoms. The lowest BCUT2D eigenvalue weighted by molar-refractivity contribution is -0.141. The second-order valence-electron chi connectivity index (χ2n) is 6.14. The van der Waals surface area contributed by atoms with Gasteiger partial charge in [0.1, 0.15) is 5.69 Å². The van der Waals surface area contributed by atoms with E-state index in [-0.39, 0.29) is 30.0 Å². The van der Waals surface area contributed by atoms with Crippen LogP contribution >= 0.6 is 0 Å². The van der Waals surface area contributed by atoms with Gasteiger partial charge in [-0.1, -0.05) is 0 Å². The third kappa shape index (κ3) is 3.55. The Balaban J connectivity index is 1.96. The second kappa shape index (κ2) is 6.32. The Morgan fingerprint density at radius 3 is 2.30 bits per heavy atom. The Bertz CT molecular complexity index is 866. The molecule has 0 radical (unpaired) electrons. The number of pyridine rings is 2. The summed E-state index contributed by atoms with van der Waals surface area (Å²) in [4.78, 5) is 6.75. The highest BCUT2D eigenvalue weighted by molar-refractivity contribution is 5.49. The Kier molecular flexibility index (Phi) is 4.53. The van der Waals surface area contributed by atoms with Crippen molar-refractivity contribution in [3.63, 3.8) is 0 Å². The van der Waals surface area contributed by atoms with Crippen LogP contribution in [0.3, 0.4) is 0 Å². The number of anilines is 1. The number of aromatic nitrogens is 2. The lowest BCUT2D eigenvalue weighted by atomic mass is 9.93. The summed E-state index contributed by atoms with van der Waals surface area (Å²) in [5.41, 5.74) is -3.33. The molecule has 0 bridgehead atoms. The molecule has 2 aromatic heterocycles. The van der Waals surface area contributed by atoms with Crippen LogP contribution in [0.5, 0.6) is 0 Å². The summed E-state index contributed by atoms with van der Waals surface area (Å²) < 4.78 is 90.3. The molecule has 1 unspecified atom stereocenters. The molecule has 0 aliphatic heterocycles. The summed E-state index contributed by atoms with van der Waals surface area (Å²) in [7, 11) is 0. The Morgan fingerprint density at radius 2 is 1.74 bits per heavy atom. The van der Waals surface area contributed by atoms with E-state index < -0.39 is 47.4 Å². The molecule has 11 heteroatoms. The molecule has 2 heterocycles. The van der Waals surface area contributed by atoms with Crippen molar-refractivity contribution in [2.45, 2.75) is 30.7 Å². The summed E-state index contributed by atoms with van der Waals surface area (Å²) in [5.74, 6) is -1.85. The van der Waals surface area contributed by atoms with Gasteiger partial charge < -0.3 is 10.4 Å². The molecule has 2 N–H and O–H groups in total. The van der Waals surface area contributed by atoms with Gasteiger partial charge in [-0.3, -0.25) is 4.98 Å². The summed E-state index contributed by atoms with van der Waals surface area (Å²) in [6.45, 7) is -0.644. The molecule has 0 saturated carbocycles. The minimum absolute atomic E-state index is 0.0873. The van der Waals surface area contributed by atoms with Crippen molar-refractivity contribution < 1.29 is 35.8 Å². The van der Waals surface area contributed by atoms with E-state index in [9.17, 15) is 35.8 Å². The van der Waals surface area contributed by atoms with Crippen molar-refractivity contribution in [3.05, 3.63) is 52.7 Å². The van der Waals surface area contributed by atoms with Crippen molar-refractivity contribution in [3.8, 4) is 0 Å². The van der Waals surface area contributed by atoms with Crippen LogP contribution in [0, 0.1) is 5.82 Å². The number of alkyl halides is 6. The van der Waals surface area contributed by atoms with Crippen molar-refractivity contribution in [1.82, 2.24) is 9.97 Å². The zero-order valence-electron chi connectivity index (χ0n) is 13.4. The van der Waals surface area contributed by atoms with Gasteiger partial charge in [0.05, 0.1) is 17.7 Å². The van der Waals surface area contributed by atoms with Gasteiger partial charge in [-0.15, -0.1) is 0 Å². The van der Waals surface area contributed by atoms with Gasteiger partial charge in [0.25, 0.3) is 0 Å². The largest absolute Gasteiger partial charge is 0.433 e. The Hall–Kier alpha value is -2.43. The van der Waals surface area contributed by atoms with Crippen LogP contribution in [0.25, 0.3) is 0 Å². The van der Waals surface area contributed by atoms with Gasteiger partial charge in [-0.25, -0.2) is 9.37 Å². The zero-order valence-corrected chi connectivity index (χ0v) is 13.4. The van der Waals surface area contributed by atoms with E-state index in [2.05, 4.69) is 15.3 Å². The van der Waals surface area contributed by atoms with E-state index >= 15 is 0 Å². The molecule has 1 aliphatic carbocycles. The molecule has 2 aromatic rings. The van der Waals surface area contributed by atoms with Crippen molar-refractivity contribution in [2.24, 2.45) is 0 Å². The summed E-state index contributed by atoms with van der Waals surface area (Å²) >= 11 is 0. The minimum atomic E-state index is -4.78. The number of fused-ring (bicyclic) bond motifs is 1. The summed E-state index contributed by atoms with van der Waals surface area (Å²) in [5, 5.41) is 12.3. The average Bonchev–Trinajstić information content (AvgIpc) is 2.93. The fourth-order valence-corrected chi connectivity index (χ4v) is 3.02. The molecule has 1 atom stereocenters. The highest BCUT2D eigenvalue weighted by atomic mass is 19.4. The molecule has 1 aliphatic rings. The minimum Gasteiger partial charge on any atom is -0.394 e. The highest BCUT2D eigenvalue weighted by Crippen LogP contribution is 2.41. The first-order chi connectivity index (χ1) is 12.5. The third-order valence-electron chi connectivity index (χ3n) is 4.41. The molecule has 3 rings (SSSR count). The topological polar surface area (TPSA) is 58.0 Å². The maximum absolute atomic E-state index is 14.1. The van der Waals surface area contributed by atoms with Gasteiger partial charge >= 0.3 is 12.4 Å². The monoisotopic (exact) mass is 395 g/mol. The number of nitrogens with zero attached hydrogens (tertiary/aromatic N) is 2. The molecule has 4 nitrogen and oxygen atoms in total. The van der Waals surface area contributed by atoms with E-state index in [1.54, 1.807) is 0 Å². The first-order valence-corrected chi connectivity index (χ1v) is 7.65. The van der Waals surface area contributed by atoms with Crippen LogP contribution in [0.1, 0.15) is 28.8 Å². The lowest BCUT2D eigenvalue weighted by Gasteiger charge is -2.30. The predicted molar refractivity (Wildman–Crippen MR) is 79.1 cm³/mol. The number of halogens is 7. The van der Waals surface area contributed by atoms with E-state index in [0.717, 1.165) is 12.3 Å². The van der Waals surface area contributed by atoms with E-state index in [1.807, 2.05) is 0 Å². The molecule has 0 saturated heterocycles. The van der Waals surface area contributed by atoms with Crippen LogP contribution < -0.4 is 5.32 Å². The predicted octanol–water partition coefficient (Wildman–Crippen LogP) is 3.90. The van der Waals surface area contributed by atoms with Gasteiger partial charge in [-0.05, 0) is 30.5 Å². The number of aliphatic hydroxyl groups is 1. The molecule has 0 aromatic carbocycles. The number of rotatable bonds is 3. The van der Waals surface area contributed by atoms with Crippen LogP contribution in [0.2, 0.25) is 0 Å². The molecule has 146 valence electrons. The Labute approximate surface area is 148 Å². The fraction of sp³-hybridized carbons (Fsp3) is 0.375. The summed E-state index contributed by atoms with van der Waals surface area (Å²) in [6, 6.07) is 1.09. The van der Waals surface area contributed by atoms with Crippen molar-refractivity contribution in [2.75, 3.05) is 11.9 Å². The van der Waals surface area contributed by atoms with Gasteiger partial charge in [-0.2, -0.15) is 26.3 Å². The quantitative estimate of drug-likeness (QED) is 0.775. The summed E-state index contributed by atoms with van der Waals surface area (Å²) in [6.07, 6.45) is -7.85. The number of aryl methyl sites for hydroxylation is 1. The lowest BCUT2D eigenvalue weighted by Crippen LogP contribution is -2.38. The normalized spacial score (nSPS) is 19.9. The second-order valence-corrected chi connectivity index (χ2v) is 6.14. The van der Waals surface area contributed by atoms with Crippen LogP contribution in [-0.4, -0.2) is 21.7 Å². The van der Waals surface area contributed by atoms with Crippen molar-refractivity contribution >= 4 is 5.82 Å². The zero-order chi connectivity index (χ0) is 20.0. The number of hydrogen-bond acceptors (Lipinski definition) is 4. The maximum atomic E-state index is 14.1. The smallest absolute Gasteiger partial charge is 0.394 e. The number of aliphatic hydroxyl groups excluding tert-OH is 1. The van der Waals surface area contributed by atoms with E-state index in [0.29, 0.717) is 6.20 Å². The van der Waals surface area contributed by atoms with Gasteiger partial charge in [0.2, 0.25) is 0 Å². The molecular formula is C16H12F7N3O. The molecule has 0 amide bonds. The van der Waals surface area contributed by atoms with Crippen LogP contribution in [-0.2, 0) is 24.3 Å². The van der Waals surface area contributed by atoms with E-state index in [1.165, 1.54) is 0 Å². The molecule has 0 spiro atoms. The first-order valence-electron chi connectivity index (χ1n) is 7.65. The molecular weight excluding hydrogens is 383 g/mol. The van der Waals surface area contributed by atoms with E-state index in [4.69, 9.17) is 0 Å². The highest BCUT2D eigenvalue weighted by Gasteiger charge is 2.42. The van der Waals surface area contributed by atoms with Gasteiger partial charge in [0, 0.05) is 18.0 Å². The maximum Gasteiger partial charge on any atom is 0.433 e. The van der Waals surface area contributed by atoms with Crippen LogP contribution in [0.4, 0.5) is 36.6 Å². The SMILES string of the molecule is OCC1(Nc2ncc(C(F)(F)F)cc2F)CCc2cc(C(F)(F)F)ncc21. The van der Waals surface area contributed by atoms with Crippen LogP contribution in [0.15, 0.2) is 24.5 Å². The fourth-order valence-electron chi connectivity index (χ4n) is 3.02. The average molecular weight is 395 g/mol. The first kappa shape index (κ1) is 19.3. The Morgan fingerprint density at radius 1 is 1.04 bits per heavy atom. The van der Waals surface area contributed by atoms with Gasteiger partial charge in [0.15, 0.2) is 11.6 Å². The standard InChI is InChI=1S/C16H12F7N3O/c17-11-4-9(15(18,19)20)5-25-13(11)26-14(7-27)2-1-8-3-12(16(21,22)23)24-6-10(8)14/h3-6,27H,1-2,7H2,(H,25,26). The number of hydrogen-bond donors (Lipinski definition) is 2. The van der Waals surface area contributed by atoms with Crippen molar-refractivity contribution in [1.29, 1.82) is 0 Å². The molecule has 0 fully saturated rings.